The largest absolute Gasteiger partial charge is 0.416 e. The van der Waals surface area contributed by atoms with Crippen molar-refractivity contribution in [2.75, 3.05) is 51.4 Å². The average molecular weight is 572 g/mol. The number of hydrogen-bond acceptors (Lipinski definition) is 6. The van der Waals surface area contributed by atoms with Crippen LogP contribution in [0.15, 0.2) is 48.7 Å². The summed E-state index contributed by atoms with van der Waals surface area (Å²) in [5.74, 6) is 5.44. The number of carbonyl (C=O) groups is 1. The molecule has 11 heteroatoms. The molecule has 3 aromatic rings. The first-order chi connectivity index (χ1) is 19.0. The van der Waals surface area contributed by atoms with Crippen LogP contribution >= 0.6 is 11.6 Å². The summed E-state index contributed by atoms with van der Waals surface area (Å²) in [6, 6.07) is 10.1. The summed E-state index contributed by atoms with van der Waals surface area (Å²) < 4.78 is 46.9. The Labute approximate surface area is 236 Å². The summed E-state index contributed by atoms with van der Waals surface area (Å²) in [5, 5.41) is 2.87. The first kappa shape index (κ1) is 29.4. The zero-order valence-corrected chi connectivity index (χ0v) is 22.9. The fraction of sp³-hybridized carbons (Fsp3) is 0.310. The van der Waals surface area contributed by atoms with Crippen molar-refractivity contribution in [3.8, 4) is 11.8 Å². The fourth-order valence-electron chi connectivity index (χ4n) is 4.27. The number of methoxy groups -OCH3 is 1. The highest BCUT2D eigenvalue weighted by molar-refractivity contribution is 6.32. The Balaban J connectivity index is 1.53. The molecule has 210 valence electrons. The molecule has 0 saturated carbocycles. The number of alkyl halides is 3. The van der Waals surface area contributed by atoms with E-state index in [1.807, 2.05) is 11.9 Å². The maximum atomic E-state index is 13.9. The molecular formula is C29H29ClF3N5O2. The van der Waals surface area contributed by atoms with E-state index in [9.17, 15) is 18.0 Å². The van der Waals surface area contributed by atoms with E-state index in [0.29, 0.717) is 35.8 Å². The van der Waals surface area contributed by atoms with Crippen LogP contribution < -0.4 is 11.1 Å². The van der Waals surface area contributed by atoms with E-state index in [0.717, 1.165) is 24.7 Å². The molecule has 1 amide bonds. The number of amides is 1. The lowest BCUT2D eigenvalue weighted by Gasteiger charge is -2.33. The number of carbonyl (C=O) groups excluding carboxylic acids is 1. The third-order valence-electron chi connectivity index (χ3n) is 6.51. The molecular weight excluding hydrogens is 543 g/mol. The van der Waals surface area contributed by atoms with Gasteiger partial charge in [-0.2, -0.15) is 13.2 Å². The molecule has 2 aromatic carbocycles. The van der Waals surface area contributed by atoms with Crippen LogP contribution in [0.3, 0.4) is 0 Å². The molecule has 1 aliphatic heterocycles. The van der Waals surface area contributed by atoms with Crippen molar-refractivity contribution in [2.24, 2.45) is 0 Å². The number of anilines is 2. The van der Waals surface area contributed by atoms with Crippen molar-refractivity contribution in [3.63, 3.8) is 0 Å². The van der Waals surface area contributed by atoms with Crippen LogP contribution in [0.2, 0.25) is 5.02 Å². The van der Waals surface area contributed by atoms with Crippen LogP contribution in [0.25, 0.3) is 0 Å². The number of nitrogens with one attached hydrogen (secondary N) is 1. The summed E-state index contributed by atoms with van der Waals surface area (Å²) in [5.41, 5.74) is 7.15. The van der Waals surface area contributed by atoms with Crippen molar-refractivity contribution in [1.82, 2.24) is 14.8 Å². The van der Waals surface area contributed by atoms with Crippen LogP contribution in [0, 0.1) is 11.8 Å². The summed E-state index contributed by atoms with van der Waals surface area (Å²) >= 11 is 6.29. The fourth-order valence-corrected chi connectivity index (χ4v) is 4.43. The molecule has 0 unspecified atom stereocenters. The van der Waals surface area contributed by atoms with Gasteiger partial charge in [-0.25, -0.2) is 4.98 Å². The zero-order chi connectivity index (χ0) is 28.9. The maximum absolute atomic E-state index is 13.9. The van der Waals surface area contributed by atoms with Gasteiger partial charge in [0.05, 0.1) is 22.8 Å². The number of ether oxygens (including phenoxy) is 1. The molecule has 0 radical (unpaired) electrons. The quantitative estimate of drug-likeness (QED) is 0.410. The lowest BCUT2D eigenvalue weighted by atomic mass is 10.0. The van der Waals surface area contributed by atoms with E-state index >= 15 is 0 Å². The van der Waals surface area contributed by atoms with Crippen molar-refractivity contribution in [1.29, 1.82) is 0 Å². The highest BCUT2D eigenvalue weighted by atomic mass is 35.5. The molecule has 40 heavy (non-hydrogen) atoms. The van der Waals surface area contributed by atoms with E-state index in [-0.39, 0.29) is 29.2 Å². The van der Waals surface area contributed by atoms with E-state index < -0.39 is 17.6 Å². The van der Waals surface area contributed by atoms with Gasteiger partial charge in [0, 0.05) is 62.8 Å². The molecule has 0 aliphatic carbocycles. The van der Waals surface area contributed by atoms with Crippen molar-refractivity contribution in [2.45, 2.75) is 19.3 Å². The third kappa shape index (κ3) is 7.52. The van der Waals surface area contributed by atoms with Crippen LogP contribution in [-0.2, 0) is 24.1 Å². The van der Waals surface area contributed by atoms with E-state index in [1.165, 1.54) is 30.3 Å². The second-order valence-electron chi connectivity index (χ2n) is 9.56. The molecule has 4 rings (SSSR count). The molecule has 7 nitrogen and oxygen atoms in total. The zero-order valence-electron chi connectivity index (χ0n) is 22.1. The second kappa shape index (κ2) is 12.7. The van der Waals surface area contributed by atoms with Crippen LogP contribution in [0.1, 0.15) is 38.2 Å². The minimum Gasteiger partial charge on any atom is -0.383 e. The predicted molar refractivity (Wildman–Crippen MR) is 149 cm³/mol. The molecule has 0 atom stereocenters. The standard InChI is InChI=1S/C29H29ClF3N5O2/c1-37-9-11-38(12-10-37)17-23-5-7-24(15-25(23)29(31,32)33)36-28(39)22-6-8-26(30)20(14-22)3-4-21-13-19(18-40-2)16-35-27(21)34/h5-8,13-16H,9-12,17-18H2,1-2H3,(H2,34,35)(H,36,39). The van der Waals surface area contributed by atoms with Gasteiger partial charge in [0.15, 0.2) is 0 Å². The molecule has 1 saturated heterocycles. The molecule has 0 spiro atoms. The van der Waals surface area contributed by atoms with E-state index in [2.05, 4.69) is 27.0 Å². The Kier molecular flexibility index (Phi) is 9.32. The van der Waals surface area contributed by atoms with Crippen molar-refractivity contribution < 1.29 is 22.7 Å². The number of hydrogen-bond donors (Lipinski definition) is 2. The average Bonchev–Trinajstić information content (AvgIpc) is 2.91. The Bertz CT molecular complexity index is 1440. The topological polar surface area (TPSA) is 83.7 Å². The highest BCUT2D eigenvalue weighted by Gasteiger charge is 2.34. The van der Waals surface area contributed by atoms with Crippen LogP contribution in [0.4, 0.5) is 24.7 Å². The smallest absolute Gasteiger partial charge is 0.383 e. The number of likely N-dealkylation sites (N-methyl/N-ethyl adjacent to an activating group) is 1. The molecule has 1 fully saturated rings. The second-order valence-corrected chi connectivity index (χ2v) is 9.96. The van der Waals surface area contributed by atoms with Gasteiger partial charge >= 0.3 is 6.18 Å². The number of nitrogen functional groups attached to an aromatic ring is 1. The van der Waals surface area contributed by atoms with Crippen molar-refractivity contribution >= 4 is 29.0 Å². The molecule has 3 N–H and O–H groups in total. The van der Waals surface area contributed by atoms with Gasteiger partial charge in [-0.05, 0) is 54.6 Å². The first-order valence-electron chi connectivity index (χ1n) is 12.5. The van der Waals surface area contributed by atoms with Gasteiger partial charge in [0.25, 0.3) is 5.91 Å². The predicted octanol–water partition coefficient (Wildman–Crippen LogP) is 4.88. The first-order valence-corrected chi connectivity index (χ1v) is 12.9. The van der Waals surface area contributed by atoms with Gasteiger partial charge < -0.3 is 20.7 Å². The summed E-state index contributed by atoms with van der Waals surface area (Å²) in [4.78, 5) is 21.2. The molecule has 0 bridgehead atoms. The Morgan fingerprint density at radius 1 is 1.10 bits per heavy atom. The lowest BCUT2D eigenvalue weighted by Crippen LogP contribution is -2.44. The highest BCUT2D eigenvalue weighted by Crippen LogP contribution is 2.35. The number of halogens is 4. The minimum absolute atomic E-state index is 0.0378. The van der Waals surface area contributed by atoms with Gasteiger partial charge in [-0.15, -0.1) is 0 Å². The van der Waals surface area contributed by atoms with E-state index in [1.54, 1.807) is 19.4 Å². The summed E-state index contributed by atoms with van der Waals surface area (Å²) in [7, 11) is 3.55. The normalized spacial score (nSPS) is 14.4. The van der Waals surface area contributed by atoms with Crippen molar-refractivity contribution in [3.05, 3.63) is 87.1 Å². The van der Waals surface area contributed by atoms with E-state index in [4.69, 9.17) is 22.1 Å². The van der Waals surface area contributed by atoms with Crippen LogP contribution in [-0.4, -0.2) is 61.0 Å². The lowest BCUT2D eigenvalue weighted by molar-refractivity contribution is -0.138. The molecule has 1 aromatic heterocycles. The third-order valence-corrected chi connectivity index (χ3v) is 6.84. The van der Waals surface area contributed by atoms with Gasteiger partial charge in [-0.3, -0.25) is 9.69 Å². The monoisotopic (exact) mass is 571 g/mol. The maximum Gasteiger partial charge on any atom is 0.416 e. The SMILES string of the molecule is COCc1cnc(N)c(C#Cc2cc(C(=O)Nc3ccc(CN4CCN(C)CC4)c(C(F)(F)F)c3)ccc2Cl)c1. The summed E-state index contributed by atoms with van der Waals surface area (Å²) in [6.07, 6.45) is -2.98. The van der Waals surface area contributed by atoms with Gasteiger partial charge in [-0.1, -0.05) is 29.5 Å². The number of benzene rings is 2. The Morgan fingerprint density at radius 3 is 2.52 bits per heavy atom. The Morgan fingerprint density at radius 2 is 1.82 bits per heavy atom. The number of rotatable bonds is 6. The molecule has 1 aliphatic rings. The minimum atomic E-state index is -4.57. The summed E-state index contributed by atoms with van der Waals surface area (Å²) in [6.45, 7) is 3.50. The van der Waals surface area contributed by atoms with Gasteiger partial charge in [0.1, 0.15) is 5.82 Å². The number of piperazine rings is 1. The number of nitrogens with two attached hydrogens (primary N) is 1. The Hall–Kier alpha value is -3.62. The van der Waals surface area contributed by atoms with Gasteiger partial charge in [0.2, 0.25) is 0 Å². The molecule has 2 heterocycles. The number of pyridine rings is 1. The number of aromatic nitrogens is 1. The number of nitrogens with zero attached hydrogens (tertiary/aromatic N) is 3. The van der Waals surface area contributed by atoms with Crippen LogP contribution in [0.5, 0.6) is 0 Å².